The molecule has 2 unspecified atom stereocenters. The van der Waals surface area contributed by atoms with Gasteiger partial charge in [0.25, 0.3) is 0 Å². The third kappa shape index (κ3) is 5.75. The number of hydrogen-bond donors (Lipinski definition) is 1. The average molecular weight is 246 g/mol. The Morgan fingerprint density at radius 3 is 2.56 bits per heavy atom. The summed E-state index contributed by atoms with van der Waals surface area (Å²) in [6, 6.07) is 0.339. The van der Waals surface area contributed by atoms with Gasteiger partial charge in [-0.15, -0.1) is 0 Å². The van der Waals surface area contributed by atoms with E-state index in [1.807, 2.05) is 37.7 Å². The number of hydrogen-bond acceptors (Lipinski definition) is 3. The summed E-state index contributed by atoms with van der Waals surface area (Å²) < 4.78 is 0. The van der Waals surface area contributed by atoms with Crippen LogP contribution in [0.5, 0.6) is 0 Å². The summed E-state index contributed by atoms with van der Waals surface area (Å²) in [6.07, 6.45) is 1.08. The van der Waals surface area contributed by atoms with Crippen molar-refractivity contribution in [2.24, 2.45) is 5.92 Å². The zero-order valence-corrected chi connectivity index (χ0v) is 12.1. The van der Waals surface area contributed by atoms with Crippen molar-refractivity contribution in [2.45, 2.75) is 33.2 Å². The lowest BCUT2D eigenvalue weighted by Crippen LogP contribution is -2.41. The fraction of sp³-hybridized carbons (Fsp3) is 0.917. The van der Waals surface area contributed by atoms with E-state index in [1.54, 1.807) is 0 Å². The molecule has 0 spiro atoms. The van der Waals surface area contributed by atoms with Gasteiger partial charge in [-0.2, -0.15) is 11.8 Å². The molecule has 16 heavy (non-hydrogen) atoms. The van der Waals surface area contributed by atoms with Crippen LogP contribution < -0.4 is 5.32 Å². The molecule has 3 nitrogen and oxygen atoms in total. The first kappa shape index (κ1) is 15.8. The van der Waals surface area contributed by atoms with Gasteiger partial charge in [-0.3, -0.25) is 4.79 Å². The Morgan fingerprint density at radius 2 is 2.06 bits per heavy atom. The molecule has 4 heteroatoms. The topological polar surface area (TPSA) is 32.3 Å². The summed E-state index contributed by atoms with van der Waals surface area (Å²) in [6.45, 7) is 7.02. The second kappa shape index (κ2) is 8.88. The smallest absolute Gasteiger partial charge is 0.226 e. The Labute approximate surface area is 104 Å². The highest BCUT2D eigenvalue weighted by Gasteiger charge is 2.20. The molecule has 1 N–H and O–H groups in total. The highest BCUT2D eigenvalue weighted by molar-refractivity contribution is 7.99. The van der Waals surface area contributed by atoms with Crippen LogP contribution in [0.15, 0.2) is 0 Å². The highest BCUT2D eigenvalue weighted by atomic mass is 32.2. The quantitative estimate of drug-likeness (QED) is 0.663. The minimum absolute atomic E-state index is 0.0660. The summed E-state index contributed by atoms with van der Waals surface area (Å²) in [7, 11) is 3.79. The Bertz CT molecular complexity index is 199. The van der Waals surface area contributed by atoms with Crippen LogP contribution in [0.2, 0.25) is 0 Å². The van der Waals surface area contributed by atoms with Crippen LogP contribution in [0.4, 0.5) is 0 Å². The number of rotatable bonds is 8. The first-order valence-corrected chi connectivity index (χ1v) is 7.19. The molecule has 0 fully saturated rings. The second-order valence-corrected chi connectivity index (χ2v) is 5.64. The first-order chi connectivity index (χ1) is 7.54. The molecule has 0 saturated carbocycles. The summed E-state index contributed by atoms with van der Waals surface area (Å²) in [5.41, 5.74) is 0. The number of thioether (sulfide) groups is 1. The van der Waals surface area contributed by atoms with Crippen molar-refractivity contribution < 1.29 is 4.79 Å². The SMILES string of the molecule is CCSCCC(C)N(C)C(=O)C(C)CNC. The van der Waals surface area contributed by atoms with Gasteiger partial charge >= 0.3 is 0 Å². The van der Waals surface area contributed by atoms with Crippen molar-refractivity contribution in [3.05, 3.63) is 0 Å². The van der Waals surface area contributed by atoms with Crippen molar-refractivity contribution >= 4 is 17.7 Å². The van der Waals surface area contributed by atoms with E-state index in [2.05, 4.69) is 19.2 Å². The van der Waals surface area contributed by atoms with Crippen LogP contribution in [-0.4, -0.2) is 49.0 Å². The van der Waals surface area contributed by atoms with Gasteiger partial charge in [-0.1, -0.05) is 13.8 Å². The Kier molecular flexibility index (Phi) is 8.76. The maximum absolute atomic E-state index is 12.0. The van der Waals surface area contributed by atoms with E-state index in [0.717, 1.165) is 24.5 Å². The fourth-order valence-corrected chi connectivity index (χ4v) is 2.35. The summed E-state index contributed by atoms with van der Waals surface area (Å²) >= 11 is 1.93. The van der Waals surface area contributed by atoms with Crippen molar-refractivity contribution in [1.29, 1.82) is 0 Å². The maximum Gasteiger partial charge on any atom is 0.226 e. The molecule has 0 aromatic rings. The molecule has 0 aliphatic rings. The number of carbonyl (C=O) groups is 1. The number of nitrogens with one attached hydrogen (secondary N) is 1. The fourth-order valence-electron chi connectivity index (χ4n) is 1.55. The van der Waals surface area contributed by atoms with Gasteiger partial charge in [0.15, 0.2) is 0 Å². The average Bonchev–Trinajstić information content (AvgIpc) is 2.27. The monoisotopic (exact) mass is 246 g/mol. The van der Waals surface area contributed by atoms with Crippen molar-refractivity contribution in [3.8, 4) is 0 Å². The lowest BCUT2D eigenvalue weighted by atomic mass is 10.1. The third-order valence-electron chi connectivity index (χ3n) is 2.82. The summed E-state index contributed by atoms with van der Waals surface area (Å²) in [5, 5.41) is 3.04. The largest absolute Gasteiger partial charge is 0.343 e. The molecule has 0 rings (SSSR count). The van der Waals surface area contributed by atoms with Crippen molar-refractivity contribution in [3.63, 3.8) is 0 Å². The molecule has 0 radical (unpaired) electrons. The molecule has 2 atom stereocenters. The van der Waals surface area contributed by atoms with Gasteiger partial charge in [0, 0.05) is 25.6 Å². The third-order valence-corrected chi connectivity index (χ3v) is 3.76. The second-order valence-electron chi connectivity index (χ2n) is 4.24. The number of amides is 1. The van der Waals surface area contributed by atoms with Gasteiger partial charge < -0.3 is 10.2 Å². The Balaban J connectivity index is 4.00. The van der Waals surface area contributed by atoms with E-state index in [1.165, 1.54) is 0 Å². The predicted octanol–water partition coefficient (Wildman–Crippen LogP) is 1.83. The first-order valence-electron chi connectivity index (χ1n) is 6.03. The Hall–Kier alpha value is -0.220. The van der Waals surface area contributed by atoms with Crippen molar-refractivity contribution in [2.75, 3.05) is 32.1 Å². The molecule has 96 valence electrons. The van der Waals surface area contributed by atoms with E-state index in [-0.39, 0.29) is 11.8 Å². The van der Waals surface area contributed by atoms with Gasteiger partial charge in [0.05, 0.1) is 0 Å². The van der Waals surface area contributed by atoms with Gasteiger partial charge in [0.1, 0.15) is 0 Å². The van der Waals surface area contributed by atoms with Crippen LogP contribution in [-0.2, 0) is 4.79 Å². The summed E-state index contributed by atoms with van der Waals surface area (Å²) in [4.78, 5) is 13.9. The lowest BCUT2D eigenvalue weighted by molar-refractivity contribution is -0.135. The summed E-state index contributed by atoms with van der Waals surface area (Å²) in [5.74, 6) is 2.59. The predicted molar refractivity (Wildman–Crippen MR) is 72.9 cm³/mol. The molecule has 0 aliphatic carbocycles. The molecular formula is C12H26N2OS. The number of nitrogens with zero attached hydrogens (tertiary/aromatic N) is 1. The Morgan fingerprint density at radius 1 is 1.44 bits per heavy atom. The standard InChI is InChI=1S/C12H26N2OS/c1-6-16-8-7-11(3)14(5)12(15)10(2)9-13-4/h10-11,13H,6-9H2,1-5H3. The van der Waals surface area contributed by atoms with Crippen LogP contribution in [0.1, 0.15) is 27.2 Å². The molecule has 0 bridgehead atoms. The molecule has 1 amide bonds. The van der Waals surface area contributed by atoms with Crippen LogP contribution in [0, 0.1) is 5.92 Å². The molecule has 0 aromatic carbocycles. The molecule has 0 heterocycles. The van der Waals surface area contributed by atoms with Gasteiger partial charge in [0.2, 0.25) is 5.91 Å². The van der Waals surface area contributed by atoms with Gasteiger partial charge in [-0.05, 0) is 31.9 Å². The van der Waals surface area contributed by atoms with Crippen LogP contribution in [0.25, 0.3) is 0 Å². The lowest BCUT2D eigenvalue weighted by Gasteiger charge is -2.27. The van der Waals surface area contributed by atoms with E-state index < -0.39 is 0 Å². The van der Waals surface area contributed by atoms with Crippen LogP contribution >= 0.6 is 11.8 Å². The zero-order chi connectivity index (χ0) is 12.6. The van der Waals surface area contributed by atoms with E-state index in [4.69, 9.17) is 0 Å². The highest BCUT2D eigenvalue weighted by Crippen LogP contribution is 2.10. The molecular weight excluding hydrogens is 220 g/mol. The minimum atomic E-state index is 0.0660. The molecule has 0 saturated heterocycles. The van der Waals surface area contributed by atoms with Crippen LogP contribution in [0.3, 0.4) is 0 Å². The zero-order valence-electron chi connectivity index (χ0n) is 11.2. The van der Waals surface area contributed by atoms with E-state index >= 15 is 0 Å². The van der Waals surface area contributed by atoms with E-state index in [9.17, 15) is 4.79 Å². The van der Waals surface area contributed by atoms with Gasteiger partial charge in [-0.25, -0.2) is 0 Å². The minimum Gasteiger partial charge on any atom is -0.343 e. The maximum atomic E-state index is 12.0. The van der Waals surface area contributed by atoms with E-state index in [0.29, 0.717) is 6.04 Å². The normalized spacial score (nSPS) is 14.6. The number of carbonyl (C=O) groups excluding carboxylic acids is 1. The van der Waals surface area contributed by atoms with Crippen molar-refractivity contribution in [1.82, 2.24) is 10.2 Å². The molecule has 0 aliphatic heterocycles. The molecule has 0 aromatic heterocycles.